The van der Waals surface area contributed by atoms with Gasteiger partial charge in [0.15, 0.2) is 0 Å². The highest BCUT2D eigenvalue weighted by Crippen LogP contribution is 2.35. The zero-order valence-corrected chi connectivity index (χ0v) is 13.8. The van der Waals surface area contributed by atoms with Gasteiger partial charge >= 0.3 is 0 Å². The van der Waals surface area contributed by atoms with Crippen LogP contribution in [-0.2, 0) is 0 Å². The quantitative estimate of drug-likeness (QED) is 0.493. The number of fused-ring (bicyclic) bond motifs is 1. The normalized spacial score (nSPS) is 11.1. The number of hydrogen-bond acceptors (Lipinski definition) is 5. The molecule has 2 aromatic heterocycles. The van der Waals surface area contributed by atoms with Crippen LogP contribution in [0.25, 0.3) is 21.5 Å². The minimum atomic E-state index is 0.941. The molecule has 0 unspecified atom stereocenters. The van der Waals surface area contributed by atoms with Gasteiger partial charge in [0.2, 0.25) is 0 Å². The van der Waals surface area contributed by atoms with E-state index in [1.807, 2.05) is 25.1 Å². The molecule has 0 saturated heterocycles. The number of rotatable bonds is 5. The van der Waals surface area contributed by atoms with Crippen LogP contribution in [0.2, 0.25) is 0 Å². The van der Waals surface area contributed by atoms with E-state index in [9.17, 15) is 0 Å². The first kappa shape index (κ1) is 14.5. The smallest absolute Gasteiger partial charge is 0.146 e. The maximum Gasteiger partial charge on any atom is 0.146 e. The fourth-order valence-electron chi connectivity index (χ4n) is 2.12. The van der Waals surface area contributed by atoms with Gasteiger partial charge in [-0.15, -0.1) is 33.3 Å². The van der Waals surface area contributed by atoms with E-state index in [0.717, 1.165) is 37.3 Å². The first-order valence-corrected chi connectivity index (χ1v) is 8.92. The Labute approximate surface area is 132 Å². The number of unbranched alkanes of at least 4 members (excludes halogenated alkanes) is 1. The second-order valence-corrected chi connectivity index (χ2v) is 7.12. The first-order chi connectivity index (χ1) is 10.3. The molecule has 1 aromatic carbocycles. The molecule has 0 bridgehead atoms. The van der Waals surface area contributed by atoms with E-state index in [2.05, 4.69) is 34.2 Å². The number of aryl methyl sites for hydroxylation is 1. The van der Waals surface area contributed by atoms with E-state index in [1.165, 1.54) is 12.8 Å². The summed E-state index contributed by atoms with van der Waals surface area (Å²) in [7, 11) is 0. The van der Waals surface area contributed by atoms with Crippen LogP contribution < -0.4 is 0 Å². The molecule has 3 nitrogen and oxygen atoms in total. The van der Waals surface area contributed by atoms with E-state index in [4.69, 9.17) is 0 Å². The Morgan fingerprint density at radius 2 is 1.95 bits per heavy atom. The molecule has 0 aliphatic carbocycles. The van der Waals surface area contributed by atoms with E-state index in [0.29, 0.717) is 0 Å². The van der Waals surface area contributed by atoms with Crippen LogP contribution in [0.3, 0.4) is 0 Å². The van der Waals surface area contributed by atoms with Crippen LogP contribution >= 0.6 is 23.1 Å². The van der Waals surface area contributed by atoms with Crippen LogP contribution in [0.1, 0.15) is 24.8 Å². The summed E-state index contributed by atoms with van der Waals surface area (Å²) < 4.78 is 1.15. The zero-order valence-electron chi connectivity index (χ0n) is 12.2. The van der Waals surface area contributed by atoms with Gasteiger partial charge in [0.25, 0.3) is 0 Å². The van der Waals surface area contributed by atoms with Gasteiger partial charge in [-0.1, -0.05) is 43.7 Å². The fraction of sp³-hybridized carbons (Fsp3) is 0.312. The van der Waals surface area contributed by atoms with Gasteiger partial charge in [0.05, 0.1) is 9.71 Å². The Hall–Kier alpha value is -1.46. The average Bonchev–Trinajstić information content (AvgIpc) is 2.90. The summed E-state index contributed by atoms with van der Waals surface area (Å²) in [6, 6.07) is 10.2. The number of thioether (sulfide) groups is 1. The Kier molecular flexibility index (Phi) is 4.51. The van der Waals surface area contributed by atoms with E-state index in [1.54, 1.807) is 23.1 Å². The predicted octanol–water partition coefficient (Wildman–Crippen LogP) is 4.95. The number of aromatic nitrogens is 3. The van der Waals surface area contributed by atoms with E-state index in [-0.39, 0.29) is 0 Å². The molecule has 108 valence electrons. The van der Waals surface area contributed by atoms with Crippen molar-refractivity contribution in [2.75, 3.05) is 5.75 Å². The third-order valence-electron chi connectivity index (χ3n) is 3.18. The molecule has 5 heteroatoms. The van der Waals surface area contributed by atoms with Gasteiger partial charge in [-0.25, -0.2) is 4.98 Å². The van der Waals surface area contributed by atoms with Crippen LogP contribution in [0.15, 0.2) is 35.4 Å². The Bertz CT molecular complexity index is 738. The molecular formula is C16H17N3S2. The molecule has 0 aliphatic rings. The van der Waals surface area contributed by atoms with Crippen molar-refractivity contribution in [3.8, 4) is 11.3 Å². The summed E-state index contributed by atoms with van der Waals surface area (Å²) in [6.45, 7) is 4.24. The molecule has 0 saturated carbocycles. The first-order valence-electron chi connectivity index (χ1n) is 7.11. The molecule has 3 aromatic rings. The minimum Gasteiger partial charge on any atom is -0.238 e. The lowest BCUT2D eigenvalue weighted by atomic mass is 10.1. The van der Waals surface area contributed by atoms with E-state index < -0.39 is 0 Å². The van der Waals surface area contributed by atoms with Gasteiger partial charge in [-0.05, 0) is 19.1 Å². The maximum atomic E-state index is 4.67. The lowest BCUT2D eigenvalue weighted by Crippen LogP contribution is -1.93. The van der Waals surface area contributed by atoms with Crippen LogP contribution in [0.4, 0.5) is 0 Å². The second kappa shape index (κ2) is 6.54. The fourth-order valence-corrected chi connectivity index (χ4v) is 4.12. The largest absolute Gasteiger partial charge is 0.238 e. The van der Waals surface area contributed by atoms with Gasteiger partial charge in [0.1, 0.15) is 16.2 Å². The van der Waals surface area contributed by atoms with Gasteiger partial charge in [-0.3, -0.25) is 0 Å². The Balaban J connectivity index is 2.06. The summed E-state index contributed by atoms with van der Waals surface area (Å²) in [6.07, 6.45) is 2.39. The van der Waals surface area contributed by atoms with Gasteiger partial charge < -0.3 is 0 Å². The number of benzene rings is 1. The van der Waals surface area contributed by atoms with Crippen molar-refractivity contribution >= 4 is 33.3 Å². The number of hydrogen-bond donors (Lipinski definition) is 0. The van der Waals surface area contributed by atoms with E-state index >= 15 is 0 Å². The van der Waals surface area contributed by atoms with Gasteiger partial charge in [0, 0.05) is 5.56 Å². The van der Waals surface area contributed by atoms with Crippen LogP contribution in [-0.4, -0.2) is 20.9 Å². The third kappa shape index (κ3) is 3.09. The number of thiazole rings is 1. The Morgan fingerprint density at radius 3 is 2.71 bits per heavy atom. The summed E-state index contributed by atoms with van der Waals surface area (Å²) in [5, 5.41) is 10.9. The van der Waals surface area contributed by atoms with Crippen molar-refractivity contribution in [2.24, 2.45) is 0 Å². The van der Waals surface area contributed by atoms with Crippen molar-refractivity contribution in [3.63, 3.8) is 0 Å². The molecule has 0 radical (unpaired) electrons. The van der Waals surface area contributed by atoms with Crippen molar-refractivity contribution in [3.05, 3.63) is 35.3 Å². The second-order valence-electron chi connectivity index (χ2n) is 4.83. The molecule has 0 aliphatic heterocycles. The number of nitrogens with zero attached hydrogens (tertiary/aromatic N) is 3. The van der Waals surface area contributed by atoms with Crippen LogP contribution in [0, 0.1) is 6.92 Å². The molecule has 0 spiro atoms. The standard InChI is InChI=1S/C16H17N3S2/c1-3-4-10-20-16-14-15(21-11(2)17-14)13(18-19-16)12-8-6-5-7-9-12/h5-9H,3-4,10H2,1-2H3. The molecular weight excluding hydrogens is 298 g/mol. The highest BCUT2D eigenvalue weighted by atomic mass is 32.2. The monoisotopic (exact) mass is 315 g/mol. The van der Waals surface area contributed by atoms with Crippen LogP contribution in [0.5, 0.6) is 0 Å². The zero-order chi connectivity index (χ0) is 14.7. The molecule has 3 rings (SSSR count). The highest BCUT2D eigenvalue weighted by molar-refractivity contribution is 7.99. The third-order valence-corrected chi connectivity index (χ3v) is 5.20. The van der Waals surface area contributed by atoms with Crippen molar-refractivity contribution in [2.45, 2.75) is 31.7 Å². The summed E-state index contributed by atoms with van der Waals surface area (Å²) in [4.78, 5) is 4.67. The van der Waals surface area contributed by atoms with Crippen molar-refractivity contribution < 1.29 is 0 Å². The molecule has 0 atom stereocenters. The Morgan fingerprint density at radius 1 is 1.14 bits per heavy atom. The molecule has 0 N–H and O–H groups in total. The topological polar surface area (TPSA) is 38.7 Å². The lowest BCUT2D eigenvalue weighted by molar-refractivity contribution is 0.890. The van der Waals surface area contributed by atoms with Gasteiger partial charge in [-0.2, -0.15) is 0 Å². The SMILES string of the molecule is CCCCSc1nnc(-c2ccccc2)c2sc(C)nc12. The molecule has 0 fully saturated rings. The summed E-state index contributed by atoms with van der Waals surface area (Å²) >= 11 is 3.46. The molecule has 2 heterocycles. The highest BCUT2D eigenvalue weighted by Gasteiger charge is 2.15. The molecule has 0 amide bonds. The van der Waals surface area contributed by atoms with Crippen molar-refractivity contribution in [1.82, 2.24) is 15.2 Å². The maximum absolute atomic E-state index is 4.67. The predicted molar refractivity (Wildman–Crippen MR) is 91.0 cm³/mol. The molecule has 21 heavy (non-hydrogen) atoms. The lowest BCUT2D eigenvalue weighted by Gasteiger charge is -2.04. The van der Waals surface area contributed by atoms with Crippen molar-refractivity contribution in [1.29, 1.82) is 0 Å². The minimum absolute atomic E-state index is 0.941. The average molecular weight is 315 g/mol. The summed E-state index contributed by atoms with van der Waals surface area (Å²) in [5.74, 6) is 1.07. The summed E-state index contributed by atoms with van der Waals surface area (Å²) in [5.41, 5.74) is 3.05.